The van der Waals surface area contributed by atoms with Crippen LogP contribution >= 0.6 is 0 Å². The summed E-state index contributed by atoms with van der Waals surface area (Å²) in [6.07, 6.45) is 5.56. The predicted molar refractivity (Wildman–Crippen MR) is 106 cm³/mol. The highest BCUT2D eigenvalue weighted by molar-refractivity contribution is 5.92. The number of H-pyrrole nitrogens is 1. The van der Waals surface area contributed by atoms with E-state index in [1.165, 1.54) is 24.5 Å². The van der Waals surface area contributed by atoms with Crippen LogP contribution in [0.15, 0.2) is 67.1 Å². The van der Waals surface area contributed by atoms with Crippen LogP contribution in [-0.4, -0.2) is 27.4 Å². The van der Waals surface area contributed by atoms with E-state index in [4.69, 9.17) is 0 Å². The van der Waals surface area contributed by atoms with E-state index in [1.807, 2.05) is 24.4 Å². The first-order valence-corrected chi connectivity index (χ1v) is 8.87. The van der Waals surface area contributed by atoms with Gasteiger partial charge in [-0.1, -0.05) is 18.2 Å². The summed E-state index contributed by atoms with van der Waals surface area (Å²) < 4.78 is 12.9. The second-order valence-corrected chi connectivity index (χ2v) is 6.28. The first-order chi connectivity index (χ1) is 13.7. The second-order valence-electron chi connectivity index (χ2n) is 6.28. The molecule has 0 radical (unpaired) electrons. The van der Waals surface area contributed by atoms with Gasteiger partial charge < -0.3 is 15.6 Å². The number of fused-ring (bicyclic) bond motifs is 1. The van der Waals surface area contributed by atoms with E-state index >= 15 is 0 Å². The standard InChI is InChI=1S/C21H18FN5O/c22-15-5-7-16(8-6-15)27-20-13-25-19(12-26-20)21(28)23-10-9-14-11-24-18-4-2-1-3-17(14)18/h1-8,11-13,24H,9-10H2,(H,23,28)(H,26,27). The lowest BCUT2D eigenvalue weighted by Crippen LogP contribution is -2.26. The van der Waals surface area contributed by atoms with Crippen LogP contribution in [0.5, 0.6) is 0 Å². The van der Waals surface area contributed by atoms with Crippen molar-refractivity contribution in [2.45, 2.75) is 6.42 Å². The third-order valence-electron chi connectivity index (χ3n) is 4.36. The van der Waals surface area contributed by atoms with Gasteiger partial charge in [-0.3, -0.25) is 4.79 Å². The van der Waals surface area contributed by atoms with Crippen LogP contribution in [-0.2, 0) is 6.42 Å². The number of para-hydroxylation sites is 1. The molecule has 3 N–H and O–H groups in total. The third-order valence-corrected chi connectivity index (χ3v) is 4.36. The Morgan fingerprint density at radius 1 is 1.04 bits per heavy atom. The van der Waals surface area contributed by atoms with Crippen molar-refractivity contribution in [3.05, 3.63) is 84.2 Å². The average molecular weight is 375 g/mol. The molecular formula is C21H18FN5O. The van der Waals surface area contributed by atoms with E-state index < -0.39 is 0 Å². The maximum absolute atomic E-state index is 12.9. The van der Waals surface area contributed by atoms with Crippen LogP contribution in [0.4, 0.5) is 15.9 Å². The molecule has 140 valence electrons. The van der Waals surface area contributed by atoms with Gasteiger partial charge in [0, 0.05) is 29.3 Å². The summed E-state index contributed by atoms with van der Waals surface area (Å²) >= 11 is 0. The van der Waals surface area contributed by atoms with E-state index in [-0.39, 0.29) is 17.4 Å². The molecule has 0 bridgehead atoms. The molecular weight excluding hydrogens is 357 g/mol. The zero-order chi connectivity index (χ0) is 19.3. The fourth-order valence-corrected chi connectivity index (χ4v) is 2.93. The molecule has 0 aliphatic carbocycles. The molecule has 2 aromatic heterocycles. The van der Waals surface area contributed by atoms with Gasteiger partial charge in [0.1, 0.15) is 17.3 Å². The van der Waals surface area contributed by atoms with Gasteiger partial charge in [0.05, 0.1) is 12.4 Å². The van der Waals surface area contributed by atoms with Crippen LogP contribution in [0.25, 0.3) is 10.9 Å². The molecule has 4 rings (SSSR count). The molecule has 0 atom stereocenters. The van der Waals surface area contributed by atoms with Crippen LogP contribution in [0.1, 0.15) is 16.1 Å². The Hall–Kier alpha value is -3.74. The number of rotatable bonds is 6. The van der Waals surface area contributed by atoms with Crippen molar-refractivity contribution in [1.82, 2.24) is 20.3 Å². The number of benzene rings is 2. The molecule has 2 aromatic carbocycles. The zero-order valence-corrected chi connectivity index (χ0v) is 14.9. The fraction of sp³-hybridized carbons (Fsp3) is 0.0952. The molecule has 6 nitrogen and oxygen atoms in total. The number of aromatic nitrogens is 3. The average Bonchev–Trinajstić information content (AvgIpc) is 3.13. The lowest BCUT2D eigenvalue weighted by molar-refractivity contribution is 0.0949. The maximum Gasteiger partial charge on any atom is 0.271 e. The van der Waals surface area contributed by atoms with E-state index in [9.17, 15) is 9.18 Å². The molecule has 1 amide bonds. The van der Waals surface area contributed by atoms with E-state index in [0.29, 0.717) is 24.5 Å². The minimum absolute atomic E-state index is 0.239. The Labute approximate surface area is 160 Å². The Morgan fingerprint density at radius 3 is 2.64 bits per heavy atom. The van der Waals surface area contributed by atoms with Crippen molar-refractivity contribution in [2.24, 2.45) is 0 Å². The Balaban J connectivity index is 1.32. The second kappa shape index (κ2) is 7.87. The van der Waals surface area contributed by atoms with Gasteiger partial charge in [0.15, 0.2) is 0 Å². The molecule has 4 aromatic rings. The largest absolute Gasteiger partial charge is 0.361 e. The summed E-state index contributed by atoms with van der Waals surface area (Å²) in [5, 5.41) is 7.02. The molecule has 7 heteroatoms. The number of nitrogens with one attached hydrogen (secondary N) is 3. The third kappa shape index (κ3) is 3.98. The Morgan fingerprint density at radius 2 is 1.86 bits per heavy atom. The molecule has 0 saturated heterocycles. The van der Waals surface area contributed by atoms with Gasteiger partial charge in [-0.25, -0.2) is 14.4 Å². The minimum atomic E-state index is -0.309. The van der Waals surface area contributed by atoms with Crippen LogP contribution < -0.4 is 10.6 Å². The highest BCUT2D eigenvalue weighted by Gasteiger charge is 2.09. The minimum Gasteiger partial charge on any atom is -0.361 e. The van der Waals surface area contributed by atoms with E-state index in [1.54, 1.807) is 12.1 Å². The number of hydrogen-bond donors (Lipinski definition) is 3. The molecule has 28 heavy (non-hydrogen) atoms. The van der Waals surface area contributed by atoms with Crippen molar-refractivity contribution in [2.75, 3.05) is 11.9 Å². The Kier molecular flexibility index (Phi) is 4.97. The zero-order valence-electron chi connectivity index (χ0n) is 14.9. The number of carbonyl (C=O) groups excluding carboxylic acids is 1. The van der Waals surface area contributed by atoms with Gasteiger partial charge in [0.25, 0.3) is 5.91 Å². The maximum atomic E-state index is 12.9. The summed E-state index contributed by atoms with van der Waals surface area (Å²) in [5.74, 6) is -0.112. The lowest BCUT2D eigenvalue weighted by atomic mass is 10.1. The number of aromatic amines is 1. The Bertz CT molecular complexity index is 1090. The molecule has 0 spiro atoms. The molecule has 2 heterocycles. The predicted octanol–water partition coefficient (Wildman–Crippen LogP) is 3.81. The molecule has 0 saturated carbocycles. The van der Waals surface area contributed by atoms with E-state index in [2.05, 4.69) is 31.7 Å². The van der Waals surface area contributed by atoms with Crippen LogP contribution in [0.2, 0.25) is 0 Å². The van der Waals surface area contributed by atoms with Crippen LogP contribution in [0, 0.1) is 5.82 Å². The normalized spacial score (nSPS) is 10.8. The topological polar surface area (TPSA) is 82.7 Å². The molecule has 0 aliphatic rings. The summed E-state index contributed by atoms with van der Waals surface area (Å²) in [4.78, 5) is 23.8. The molecule has 0 aliphatic heterocycles. The van der Waals surface area contributed by atoms with Gasteiger partial charge in [0.2, 0.25) is 0 Å². The summed E-state index contributed by atoms with van der Waals surface area (Å²) in [6, 6.07) is 14.0. The summed E-state index contributed by atoms with van der Waals surface area (Å²) in [6.45, 7) is 0.498. The van der Waals surface area contributed by atoms with Crippen molar-refractivity contribution in [3.63, 3.8) is 0 Å². The number of amides is 1. The molecule has 0 unspecified atom stereocenters. The number of anilines is 2. The first-order valence-electron chi connectivity index (χ1n) is 8.87. The monoisotopic (exact) mass is 375 g/mol. The smallest absolute Gasteiger partial charge is 0.271 e. The van der Waals surface area contributed by atoms with Crippen molar-refractivity contribution >= 4 is 28.3 Å². The quantitative estimate of drug-likeness (QED) is 0.479. The van der Waals surface area contributed by atoms with Gasteiger partial charge >= 0.3 is 0 Å². The van der Waals surface area contributed by atoms with Crippen molar-refractivity contribution in [1.29, 1.82) is 0 Å². The van der Waals surface area contributed by atoms with Gasteiger partial charge in [-0.2, -0.15) is 0 Å². The number of nitrogens with zero attached hydrogens (tertiary/aromatic N) is 2. The number of hydrogen-bond acceptors (Lipinski definition) is 4. The fourth-order valence-electron chi connectivity index (χ4n) is 2.93. The van der Waals surface area contributed by atoms with Crippen molar-refractivity contribution in [3.8, 4) is 0 Å². The summed E-state index contributed by atoms with van der Waals surface area (Å²) in [7, 11) is 0. The van der Waals surface area contributed by atoms with Gasteiger partial charge in [-0.05, 0) is 42.3 Å². The highest BCUT2D eigenvalue weighted by Crippen LogP contribution is 2.18. The highest BCUT2D eigenvalue weighted by atomic mass is 19.1. The van der Waals surface area contributed by atoms with Gasteiger partial charge in [-0.15, -0.1) is 0 Å². The molecule has 0 fully saturated rings. The summed E-state index contributed by atoms with van der Waals surface area (Å²) in [5.41, 5.74) is 3.16. The van der Waals surface area contributed by atoms with Crippen molar-refractivity contribution < 1.29 is 9.18 Å². The lowest BCUT2D eigenvalue weighted by Gasteiger charge is -2.07. The van der Waals surface area contributed by atoms with E-state index in [0.717, 1.165) is 16.5 Å². The van der Waals surface area contributed by atoms with Crippen LogP contribution in [0.3, 0.4) is 0 Å². The number of carbonyl (C=O) groups is 1. The number of halogens is 1. The first kappa shape index (κ1) is 17.7. The SMILES string of the molecule is O=C(NCCc1c[nH]c2ccccc12)c1cnc(Nc2ccc(F)cc2)cn1.